The van der Waals surface area contributed by atoms with E-state index in [0.717, 1.165) is 22.5 Å². The third kappa shape index (κ3) is 2.69. The Hall–Kier alpha value is -2.51. The van der Waals surface area contributed by atoms with Gasteiger partial charge in [0, 0.05) is 19.1 Å². The molecule has 5 rings (SSSR count). The lowest BCUT2D eigenvalue weighted by Gasteiger charge is -2.40. The van der Waals surface area contributed by atoms with Crippen molar-refractivity contribution in [3.8, 4) is 0 Å². The summed E-state index contributed by atoms with van der Waals surface area (Å²) >= 11 is 1.48. The van der Waals surface area contributed by atoms with E-state index in [1.807, 2.05) is 11.4 Å². The number of hydrogen-bond acceptors (Lipinski definition) is 5. The van der Waals surface area contributed by atoms with Crippen molar-refractivity contribution in [2.45, 2.75) is 44.8 Å². The van der Waals surface area contributed by atoms with Gasteiger partial charge in [-0.05, 0) is 36.8 Å². The van der Waals surface area contributed by atoms with Crippen LogP contribution in [0, 0.1) is 0 Å². The first kappa shape index (κ1) is 17.6. The van der Waals surface area contributed by atoms with Crippen molar-refractivity contribution in [1.82, 2.24) is 24.1 Å². The first-order valence-electron chi connectivity index (χ1n) is 9.76. The van der Waals surface area contributed by atoms with Gasteiger partial charge < -0.3 is 0 Å². The molecule has 7 heteroatoms. The fourth-order valence-corrected chi connectivity index (χ4v) is 5.31. The van der Waals surface area contributed by atoms with Crippen molar-refractivity contribution in [3.63, 3.8) is 0 Å². The molecule has 1 aromatic carbocycles. The molecule has 0 saturated carbocycles. The van der Waals surface area contributed by atoms with Gasteiger partial charge in [-0.3, -0.25) is 18.7 Å². The Morgan fingerprint density at radius 3 is 2.79 bits per heavy atom. The smallest absolute Gasteiger partial charge is 0.272 e. The fourth-order valence-electron chi connectivity index (χ4n) is 4.46. The van der Waals surface area contributed by atoms with Gasteiger partial charge in [-0.2, -0.15) is 0 Å². The molecule has 4 aromatic rings. The lowest BCUT2D eigenvalue weighted by molar-refractivity contribution is 0.0811. The number of aryl methyl sites for hydroxylation is 1. The normalized spacial score (nSPS) is 20.9. The molecule has 6 nitrogen and oxygen atoms in total. The van der Waals surface area contributed by atoms with E-state index >= 15 is 0 Å². The summed E-state index contributed by atoms with van der Waals surface area (Å²) < 4.78 is 4.41. The molecule has 0 bridgehead atoms. The van der Waals surface area contributed by atoms with Crippen molar-refractivity contribution in [2.75, 3.05) is 0 Å². The summed E-state index contributed by atoms with van der Waals surface area (Å²) in [4.78, 5) is 15.1. The van der Waals surface area contributed by atoms with E-state index in [0.29, 0.717) is 24.4 Å². The van der Waals surface area contributed by atoms with Gasteiger partial charge in [0.05, 0.1) is 12.1 Å². The first-order valence-corrected chi connectivity index (χ1v) is 10.6. The number of hydrogen-bond donors (Lipinski definition) is 0. The van der Waals surface area contributed by atoms with Crippen molar-refractivity contribution in [2.24, 2.45) is 7.05 Å². The predicted octanol–water partition coefficient (Wildman–Crippen LogP) is 3.76. The van der Waals surface area contributed by atoms with Gasteiger partial charge in [0.15, 0.2) is 5.82 Å². The van der Waals surface area contributed by atoms with Gasteiger partial charge in [-0.25, -0.2) is 0 Å². The van der Waals surface area contributed by atoms with E-state index in [4.69, 9.17) is 0 Å². The molecule has 1 saturated heterocycles. The zero-order valence-corrected chi connectivity index (χ0v) is 16.9. The van der Waals surface area contributed by atoms with Crippen LogP contribution in [-0.2, 0) is 13.6 Å². The molecule has 0 amide bonds. The van der Waals surface area contributed by atoms with Gasteiger partial charge in [-0.15, -0.1) is 21.5 Å². The number of piperidine rings is 1. The van der Waals surface area contributed by atoms with Crippen molar-refractivity contribution in [1.29, 1.82) is 0 Å². The maximum atomic E-state index is 12.6. The second kappa shape index (κ2) is 6.83. The Morgan fingerprint density at radius 1 is 1.14 bits per heavy atom. The molecule has 0 spiro atoms. The number of benzene rings is 1. The summed E-state index contributed by atoms with van der Waals surface area (Å²) in [7, 11) is 1.77. The average molecular weight is 394 g/mol. The van der Waals surface area contributed by atoms with E-state index < -0.39 is 0 Å². The molecular formula is C21H23N5OS. The summed E-state index contributed by atoms with van der Waals surface area (Å²) in [5.74, 6) is 1.50. The van der Waals surface area contributed by atoms with Crippen LogP contribution in [0.1, 0.15) is 43.6 Å². The van der Waals surface area contributed by atoms with Crippen molar-refractivity contribution in [3.05, 3.63) is 63.5 Å². The predicted molar refractivity (Wildman–Crippen MR) is 112 cm³/mol. The Balaban J connectivity index is 1.61. The number of thiophene rings is 1. The third-order valence-corrected chi connectivity index (χ3v) is 6.86. The summed E-state index contributed by atoms with van der Waals surface area (Å²) in [6, 6.07) is 13.6. The van der Waals surface area contributed by atoms with Crippen molar-refractivity contribution >= 4 is 27.3 Å². The summed E-state index contributed by atoms with van der Waals surface area (Å²) in [5.41, 5.74) is 2.25. The molecule has 144 valence electrons. The molecular weight excluding hydrogens is 370 g/mol. The van der Waals surface area contributed by atoms with Crippen LogP contribution in [0.3, 0.4) is 0 Å². The van der Waals surface area contributed by atoms with Crippen LogP contribution in [0.2, 0.25) is 0 Å². The molecule has 28 heavy (non-hydrogen) atoms. The minimum Gasteiger partial charge on any atom is -0.286 e. The van der Waals surface area contributed by atoms with Gasteiger partial charge >= 0.3 is 0 Å². The number of rotatable bonds is 3. The molecule has 4 heterocycles. The Morgan fingerprint density at radius 2 is 1.96 bits per heavy atom. The number of nitrogens with zero attached hydrogens (tertiary/aromatic N) is 5. The van der Waals surface area contributed by atoms with E-state index in [9.17, 15) is 4.79 Å². The number of likely N-dealkylation sites (tertiary alicyclic amines) is 1. The van der Waals surface area contributed by atoms with Gasteiger partial charge in [0.2, 0.25) is 5.78 Å². The quantitative estimate of drug-likeness (QED) is 0.532. The average Bonchev–Trinajstić information content (AvgIpc) is 3.35. The highest BCUT2D eigenvalue weighted by atomic mass is 32.1. The third-order valence-electron chi connectivity index (χ3n) is 5.97. The topological polar surface area (TPSA) is 55.4 Å². The SMILES string of the molecule is C[C@@H]1CCC[C@H](c2ccccc2)N1Cc1nnc2n(C)c(=O)c3sccc3n12. The van der Waals surface area contributed by atoms with Gasteiger partial charge in [0.25, 0.3) is 5.56 Å². The summed E-state index contributed by atoms with van der Waals surface area (Å²) in [6.45, 7) is 3.01. The van der Waals surface area contributed by atoms with E-state index in [1.54, 1.807) is 11.6 Å². The van der Waals surface area contributed by atoms with Gasteiger partial charge in [-0.1, -0.05) is 36.8 Å². The minimum absolute atomic E-state index is 0.00930. The molecule has 0 aliphatic carbocycles. The van der Waals surface area contributed by atoms with Crippen LogP contribution < -0.4 is 5.56 Å². The fraction of sp³-hybridized carbons (Fsp3) is 0.381. The van der Waals surface area contributed by atoms with Crippen LogP contribution in [0.4, 0.5) is 0 Å². The lowest BCUT2D eigenvalue weighted by Crippen LogP contribution is -2.40. The van der Waals surface area contributed by atoms with Crippen LogP contribution in [-0.4, -0.2) is 30.1 Å². The molecule has 0 radical (unpaired) electrons. The van der Waals surface area contributed by atoms with E-state index in [-0.39, 0.29) is 5.56 Å². The molecule has 1 fully saturated rings. The first-order chi connectivity index (χ1) is 13.6. The molecule has 0 unspecified atom stereocenters. The summed E-state index contributed by atoms with van der Waals surface area (Å²) in [5, 5.41) is 10.8. The largest absolute Gasteiger partial charge is 0.286 e. The Kier molecular flexibility index (Phi) is 4.29. The maximum absolute atomic E-state index is 12.6. The standard InChI is InChI=1S/C21H23N5OS/c1-14-7-6-10-16(15-8-4-3-5-9-15)25(14)13-18-22-23-21-24(2)20(27)19-17(26(18)21)11-12-28-19/h3-5,8-9,11-12,14,16H,6-7,10,13H2,1-2H3/t14-,16-/m1/s1. The van der Waals surface area contributed by atoms with Crippen LogP contribution in [0.5, 0.6) is 0 Å². The van der Waals surface area contributed by atoms with Crippen LogP contribution in [0.15, 0.2) is 46.6 Å². The highest BCUT2D eigenvalue weighted by Gasteiger charge is 2.30. The van der Waals surface area contributed by atoms with Crippen molar-refractivity contribution < 1.29 is 0 Å². The Bertz CT molecular complexity index is 1190. The zero-order chi connectivity index (χ0) is 19.3. The lowest BCUT2D eigenvalue weighted by atomic mass is 9.91. The second-order valence-electron chi connectivity index (χ2n) is 7.63. The highest BCUT2D eigenvalue weighted by molar-refractivity contribution is 7.17. The van der Waals surface area contributed by atoms with Gasteiger partial charge in [0.1, 0.15) is 4.70 Å². The monoisotopic (exact) mass is 393 g/mol. The van der Waals surface area contributed by atoms with Crippen LogP contribution in [0.25, 0.3) is 16.0 Å². The second-order valence-corrected chi connectivity index (χ2v) is 8.55. The summed E-state index contributed by atoms with van der Waals surface area (Å²) in [6.07, 6.45) is 3.57. The maximum Gasteiger partial charge on any atom is 0.272 e. The van der Waals surface area contributed by atoms with E-state index in [2.05, 4.69) is 56.8 Å². The number of fused-ring (bicyclic) bond motifs is 3. The highest BCUT2D eigenvalue weighted by Crippen LogP contribution is 2.35. The molecule has 3 aromatic heterocycles. The molecule has 0 N–H and O–H groups in total. The minimum atomic E-state index is -0.00930. The van der Waals surface area contributed by atoms with Crippen LogP contribution >= 0.6 is 11.3 Å². The Labute approximate surface area is 167 Å². The zero-order valence-electron chi connectivity index (χ0n) is 16.1. The molecule has 2 atom stereocenters. The molecule has 1 aliphatic rings. The number of aromatic nitrogens is 4. The molecule has 1 aliphatic heterocycles. The van der Waals surface area contributed by atoms with E-state index in [1.165, 1.54) is 29.7 Å².